The summed E-state index contributed by atoms with van der Waals surface area (Å²) in [5, 5.41) is 6.71. The molecular formula is C11H17N5O2S. The maximum Gasteiger partial charge on any atom is 0.281 e. The lowest BCUT2D eigenvalue weighted by Crippen LogP contribution is -2.14. The molecule has 104 valence electrons. The van der Waals surface area contributed by atoms with Gasteiger partial charge in [-0.15, -0.1) is 0 Å². The Hall–Kier alpha value is -1.83. The van der Waals surface area contributed by atoms with Crippen molar-refractivity contribution in [1.82, 2.24) is 19.7 Å². The van der Waals surface area contributed by atoms with E-state index in [1.165, 1.54) is 6.20 Å². The van der Waals surface area contributed by atoms with Crippen molar-refractivity contribution in [2.24, 2.45) is 0 Å². The smallest absolute Gasteiger partial charge is 0.281 e. The van der Waals surface area contributed by atoms with Crippen LogP contribution in [0, 0.1) is 20.8 Å². The number of anilines is 1. The Morgan fingerprint density at radius 3 is 2.53 bits per heavy atom. The average molecular weight is 283 g/mol. The SMILES string of the molecule is CCn1cc(S(=O)(=O)Nc2c(C)n[nH]c2C)nc1C. The van der Waals surface area contributed by atoms with Crippen LogP contribution < -0.4 is 4.72 Å². The Morgan fingerprint density at radius 1 is 1.37 bits per heavy atom. The predicted octanol–water partition coefficient (Wildman–Crippen LogP) is 1.35. The molecule has 19 heavy (non-hydrogen) atoms. The summed E-state index contributed by atoms with van der Waals surface area (Å²) in [7, 11) is -3.68. The largest absolute Gasteiger partial charge is 0.334 e. The van der Waals surface area contributed by atoms with Crippen LogP contribution in [0.25, 0.3) is 0 Å². The molecule has 0 bridgehead atoms. The highest BCUT2D eigenvalue weighted by Gasteiger charge is 2.21. The maximum absolute atomic E-state index is 12.3. The number of nitrogens with zero attached hydrogens (tertiary/aromatic N) is 3. The van der Waals surface area contributed by atoms with Crippen LogP contribution in [0.4, 0.5) is 5.69 Å². The topological polar surface area (TPSA) is 92.7 Å². The van der Waals surface area contributed by atoms with E-state index in [2.05, 4.69) is 19.9 Å². The number of imidazole rings is 1. The molecule has 0 aliphatic heterocycles. The molecule has 2 rings (SSSR count). The van der Waals surface area contributed by atoms with Crippen molar-refractivity contribution in [1.29, 1.82) is 0 Å². The lowest BCUT2D eigenvalue weighted by atomic mass is 10.3. The summed E-state index contributed by atoms with van der Waals surface area (Å²) in [5.41, 5.74) is 1.75. The van der Waals surface area contributed by atoms with Crippen molar-refractivity contribution in [3.63, 3.8) is 0 Å². The van der Waals surface area contributed by atoms with E-state index in [9.17, 15) is 8.42 Å². The Kier molecular flexibility index (Phi) is 3.36. The molecule has 0 spiro atoms. The first kappa shape index (κ1) is 13.6. The summed E-state index contributed by atoms with van der Waals surface area (Å²) in [4.78, 5) is 4.07. The second-order valence-corrected chi connectivity index (χ2v) is 5.96. The van der Waals surface area contributed by atoms with Gasteiger partial charge in [0.15, 0.2) is 5.03 Å². The number of hydrogen-bond acceptors (Lipinski definition) is 4. The number of aromatic amines is 1. The van der Waals surface area contributed by atoms with Crippen molar-refractivity contribution in [3.05, 3.63) is 23.4 Å². The van der Waals surface area contributed by atoms with E-state index in [0.29, 0.717) is 29.4 Å². The summed E-state index contributed by atoms with van der Waals surface area (Å²) in [5.74, 6) is 0.670. The molecule has 8 heteroatoms. The summed E-state index contributed by atoms with van der Waals surface area (Å²) < 4.78 is 28.8. The van der Waals surface area contributed by atoms with Gasteiger partial charge in [-0.05, 0) is 27.7 Å². The third-order valence-electron chi connectivity index (χ3n) is 2.93. The lowest BCUT2D eigenvalue weighted by Gasteiger charge is -2.05. The van der Waals surface area contributed by atoms with Gasteiger partial charge in [0, 0.05) is 12.7 Å². The highest BCUT2D eigenvalue weighted by molar-refractivity contribution is 7.92. The maximum atomic E-state index is 12.3. The van der Waals surface area contributed by atoms with E-state index in [-0.39, 0.29) is 5.03 Å². The van der Waals surface area contributed by atoms with E-state index in [1.807, 2.05) is 6.92 Å². The van der Waals surface area contributed by atoms with Gasteiger partial charge >= 0.3 is 0 Å². The molecule has 0 unspecified atom stereocenters. The average Bonchev–Trinajstić information content (AvgIpc) is 2.87. The third kappa shape index (κ3) is 2.48. The van der Waals surface area contributed by atoms with Crippen molar-refractivity contribution < 1.29 is 8.42 Å². The third-order valence-corrected chi connectivity index (χ3v) is 4.15. The van der Waals surface area contributed by atoms with E-state index in [4.69, 9.17) is 0 Å². The molecule has 0 amide bonds. The summed E-state index contributed by atoms with van der Waals surface area (Å²) in [6.07, 6.45) is 1.53. The van der Waals surface area contributed by atoms with Gasteiger partial charge in [-0.2, -0.15) is 13.5 Å². The Morgan fingerprint density at radius 2 is 2.05 bits per heavy atom. The zero-order valence-corrected chi connectivity index (χ0v) is 12.2. The van der Waals surface area contributed by atoms with Crippen LogP contribution >= 0.6 is 0 Å². The highest BCUT2D eigenvalue weighted by atomic mass is 32.2. The second kappa shape index (κ2) is 4.69. The molecule has 0 saturated carbocycles. The number of nitrogens with one attached hydrogen (secondary N) is 2. The van der Waals surface area contributed by atoms with E-state index in [0.717, 1.165) is 0 Å². The Balaban J connectivity index is 2.38. The van der Waals surface area contributed by atoms with Gasteiger partial charge in [0.2, 0.25) is 0 Å². The van der Waals surface area contributed by atoms with Crippen molar-refractivity contribution >= 4 is 15.7 Å². The lowest BCUT2D eigenvalue weighted by molar-refractivity contribution is 0.598. The van der Waals surface area contributed by atoms with Crippen LogP contribution in [-0.2, 0) is 16.6 Å². The molecule has 0 fully saturated rings. The molecule has 2 aromatic rings. The fourth-order valence-electron chi connectivity index (χ4n) is 1.82. The van der Waals surface area contributed by atoms with Gasteiger partial charge in [-0.1, -0.05) is 0 Å². The molecule has 0 aliphatic carbocycles. The van der Waals surface area contributed by atoms with E-state index in [1.54, 1.807) is 25.3 Å². The summed E-state index contributed by atoms with van der Waals surface area (Å²) >= 11 is 0. The van der Waals surface area contributed by atoms with E-state index < -0.39 is 10.0 Å². The second-order valence-electron chi connectivity index (χ2n) is 4.33. The van der Waals surface area contributed by atoms with Crippen LogP contribution in [0.1, 0.15) is 24.1 Å². The first-order chi connectivity index (χ1) is 8.85. The minimum atomic E-state index is -3.68. The monoisotopic (exact) mass is 283 g/mol. The van der Waals surface area contributed by atoms with Crippen molar-refractivity contribution in [2.75, 3.05) is 4.72 Å². The molecule has 2 heterocycles. The van der Waals surface area contributed by atoms with Gasteiger partial charge in [0.25, 0.3) is 10.0 Å². The predicted molar refractivity (Wildman–Crippen MR) is 71.5 cm³/mol. The number of aromatic nitrogens is 4. The Bertz CT molecular complexity index is 679. The van der Waals surface area contributed by atoms with Crippen molar-refractivity contribution in [3.8, 4) is 0 Å². The van der Waals surface area contributed by atoms with Crippen molar-refractivity contribution in [2.45, 2.75) is 39.3 Å². The summed E-state index contributed by atoms with van der Waals surface area (Å²) in [6.45, 7) is 7.88. The van der Waals surface area contributed by atoms with E-state index >= 15 is 0 Å². The molecule has 2 N–H and O–H groups in total. The zero-order chi connectivity index (χ0) is 14.2. The van der Waals surface area contributed by atoms with Gasteiger partial charge < -0.3 is 4.57 Å². The number of sulfonamides is 1. The fourth-order valence-corrected chi connectivity index (χ4v) is 3.01. The first-order valence-electron chi connectivity index (χ1n) is 5.93. The number of hydrogen-bond donors (Lipinski definition) is 2. The van der Waals surface area contributed by atoms with Crippen LogP contribution in [0.5, 0.6) is 0 Å². The molecule has 0 atom stereocenters. The molecule has 0 radical (unpaired) electrons. The van der Waals surface area contributed by atoms with Crippen LogP contribution in [0.2, 0.25) is 0 Å². The minimum Gasteiger partial charge on any atom is -0.334 e. The fraction of sp³-hybridized carbons (Fsp3) is 0.455. The highest BCUT2D eigenvalue weighted by Crippen LogP contribution is 2.20. The minimum absolute atomic E-state index is 0.0202. The Labute approximate surface area is 112 Å². The molecule has 0 aromatic carbocycles. The normalized spacial score (nSPS) is 11.8. The summed E-state index contributed by atoms with van der Waals surface area (Å²) in [6, 6.07) is 0. The van der Waals surface area contributed by atoms with Crippen LogP contribution in [0.15, 0.2) is 11.2 Å². The molecule has 0 aliphatic rings. The molecular weight excluding hydrogens is 266 g/mol. The van der Waals surface area contributed by atoms with Crippen LogP contribution in [0.3, 0.4) is 0 Å². The van der Waals surface area contributed by atoms with Gasteiger partial charge in [-0.25, -0.2) is 4.98 Å². The first-order valence-corrected chi connectivity index (χ1v) is 7.41. The zero-order valence-electron chi connectivity index (χ0n) is 11.4. The van der Waals surface area contributed by atoms with Gasteiger partial charge in [0.05, 0.1) is 17.1 Å². The van der Waals surface area contributed by atoms with Crippen LogP contribution in [-0.4, -0.2) is 28.2 Å². The van der Waals surface area contributed by atoms with Gasteiger partial charge in [-0.3, -0.25) is 9.82 Å². The quantitative estimate of drug-likeness (QED) is 0.886. The number of rotatable bonds is 4. The number of H-pyrrole nitrogens is 1. The standard InChI is InChI=1S/C11H17N5O2S/c1-5-16-6-10(12-9(16)4)19(17,18)15-11-7(2)13-14-8(11)3/h6,15H,5H2,1-4H3,(H,13,14). The number of aryl methyl sites for hydroxylation is 4. The molecule has 7 nitrogen and oxygen atoms in total. The molecule has 0 saturated heterocycles. The molecule has 2 aromatic heterocycles. The van der Waals surface area contributed by atoms with Gasteiger partial charge in [0.1, 0.15) is 5.82 Å².